The van der Waals surface area contributed by atoms with E-state index in [-0.39, 0.29) is 5.82 Å². The first-order chi connectivity index (χ1) is 12.5. The SMILES string of the molecule is CNc1nc(Nc2ccc([S-](=N)=O)cc2)ncc1-c1ccc(F)c(C)c1. The van der Waals surface area contributed by atoms with Crippen LogP contribution in [0.4, 0.5) is 21.8 Å². The number of aryl methyl sites for hydroxylation is 1. The van der Waals surface area contributed by atoms with Crippen molar-refractivity contribution in [2.75, 3.05) is 17.7 Å². The maximum absolute atomic E-state index is 13.5. The highest BCUT2D eigenvalue weighted by Gasteiger charge is 2.10. The molecule has 3 rings (SSSR count). The lowest BCUT2D eigenvalue weighted by Crippen LogP contribution is -2.03. The normalized spacial score (nSPS) is 10.8. The molecule has 0 aliphatic heterocycles. The second kappa shape index (κ2) is 7.49. The number of aromatic nitrogens is 2. The van der Waals surface area contributed by atoms with E-state index in [0.717, 1.165) is 11.1 Å². The van der Waals surface area contributed by atoms with Gasteiger partial charge in [-0.25, -0.2) is 9.37 Å². The fraction of sp³-hybridized carbons (Fsp3) is 0.111. The molecule has 1 heterocycles. The first-order valence-electron chi connectivity index (χ1n) is 7.79. The zero-order chi connectivity index (χ0) is 18.7. The Kier molecular flexibility index (Phi) is 5.13. The smallest absolute Gasteiger partial charge is 0.229 e. The first kappa shape index (κ1) is 17.8. The zero-order valence-corrected chi connectivity index (χ0v) is 15.0. The highest BCUT2D eigenvalue weighted by atomic mass is 32.2. The van der Waals surface area contributed by atoms with Gasteiger partial charge in [-0.2, -0.15) is 15.6 Å². The van der Waals surface area contributed by atoms with Gasteiger partial charge in [0.25, 0.3) is 0 Å². The van der Waals surface area contributed by atoms with Crippen molar-refractivity contribution in [3.05, 3.63) is 60.0 Å². The van der Waals surface area contributed by atoms with Gasteiger partial charge in [-0.3, -0.25) is 0 Å². The van der Waals surface area contributed by atoms with Crippen LogP contribution in [-0.2, 0) is 14.8 Å². The maximum Gasteiger partial charge on any atom is 0.229 e. The number of hydrogen-bond donors (Lipinski definition) is 3. The maximum atomic E-state index is 13.5. The van der Waals surface area contributed by atoms with Crippen molar-refractivity contribution in [1.29, 1.82) is 4.78 Å². The van der Waals surface area contributed by atoms with Gasteiger partial charge in [0.1, 0.15) is 11.6 Å². The second-order valence-electron chi connectivity index (χ2n) is 5.59. The van der Waals surface area contributed by atoms with Crippen molar-refractivity contribution < 1.29 is 8.60 Å². The highest BCUT2D eigenvalue weighted by Crippen LogP contribution is 2.28. The number of hydrogen-bond acceptors (Lipinski definition) is 7. The molecule has 26 heavy (non-hydrogen) atoms. The Balaban J connectivity index is 1.89. The molecule has 3 N–H and O–H groups in total. The fourth-order valence-corrected chi connectivity index (χ4v) is 2.83. The summed E-state index contributed by atoms with van der Waals surface area (Å²) in [5, 5.41) is 6.09. The third kappa shape index (κ3) is 3.80. The van der Waals surface area contributed by atoms with Gasteiger partial charge < -0.3 is 19.6 Å². The Morgan fingerprint density at radius 2 is 1.88 bits per heavy atom. The predicted molar refractivity (Wildman–Crippen MR) is 100 cm³/mol. The van der Waals surface area contributed by atoms with E-state index in [4.69, 9.17) is 4.78 Å². The summed E-state index contributed by atoms with van der Waals surface area (Å²) in [4.78, 5) is 9.19. The van der Waals surface area contributed by atoms with Crippen LogP contribution in [0.1, 0.15) is 5.56 Å². The third-order valence-electron chi connectivity index (χ3n) is 3.82. The van der Waals surface area contributed by atoms with Crippen LogP contribution in [0.2, 0.25) is 0 Å². The highest BCUT2D eigenvalue weighted by molar-refractivity contribution is 7.73. The summed E-state index contributed by atoms with van der Waals surface area (Å²) < 4.78 is 31.8. The zero-order valence-electron chi connectivity index (χ0n) is 14.2. The molecule has 6 nitrogen and oxygen atoms in total. The first-order valence-corrected chi connectivity index (χ1v) is 8.94. The number of halogens is 1. The van der Waals surface area contributed by atoms with E-state index in [1.54, 1.807) is 56.6 Å². The minimum atomic E-state index is -1.76. The molecule has 0 aliphatic carbocycles. The summed E-state index contributed by atoms with van der Waals surface area (Å²) in [5.74, 6) is 0.741. The van der Waals surface area contributed by atoms with Crippen molar-refractivity contribution in [3.63, 3.8) is 0 Å². The van der Waals surface area contributed by atoms with Crippen LogP contribution in [0, 0.1) is 17.5 Å². The average molecular weight is 370 g/mol. The molecule has 1 aromatic heterocycles. The fourth-order valence-electron chi connectivity index (χ4n) is 2.45. The van der Waals surface area contributed by atoms with Crippen molar-refractivity contribution in [1.82, 2.24) is 9.97 Å². The molecule has 0 atom stereocenters. The molecule has 0 unspecified atom stereocenters. The Bertz CT molecular complexity index is 1010. The molecule has 0 saturated heterocycles. The second-order valence-corrected chi connectivity index (χ2v) is 6.60. The van der Waals surface area contributed by atoms with E-state index in [1.165, 1.54) is 6.07 Å². The molecule has 8 heteroatoms. The molecule has 0 saturated carbocycles. The molecular weight excluding hydrogens is 353 g/mol. The molecule has 134 valence electrons. The van der Waals surface area contributed by atoms with Gasteiger partial charge in [-0.15, -0.1) is 0 Å². The minimum absolute atomic E-state index is 0.254. The average Bonchev–Trinajstić information content (AvgIpc) is 2.64. The van der Waals surface area contributed by atoms with Crippen LogP contribution < -0.4 is 10.6 Å². The van der Waals surface area contributed by atoms with E-state index in [9.17, 15) is 8.60 Å². The number of anilines is 3. The summed E-state index contributed by atoms with van der Waals surface area (Å²) in [5.41, 5.74) is 2.86. The molecule has 0 amide bonds. The van der Waals surface area contributed by atoms with Crippen LogP contribution in [0.3, 0.4) is 0 Å². The monoisotopic (exact) mass is 370 g/mol. The molecule has 0 aliphatic rings. The van der Waals surface area contributed by atoms with Gasteiger partial charge in [0.15, 0.2) is 0 Å². The molecule has 0 radical (unpaired) electrons. The molecule has 0 spiro atoms. The molecular formula is C18H17FN5OS-. The van der Waals surface area contributed by atoms with Crippen LogP contribution in [-0.4, -0.2) is 17.0 Å². The Morgan fingerprint density at radius 1 is 1.15 bits per heavy atom. The summed E-state index contributed by atoms with van der Waals surface area (Å²) in [6.45, 7) is 1.71. The lowest BCUT2D eigenvalue weighted by molar-refractivity contribution is 0.599. The summed E-state index contributed by atoms with van der Waals surface area (Å²) in [7, 11) is -0.00823. The molecule has 0 bridgehead atoms. The number of nitrogens with zero attached hydrogens (tertiary/aromatic N) is 2. The van der Waals surface area contributed by atoms with E-state index in [1.807, 2.05) is 0 Å². The third-order valence-corrected chi connectivity index (χ3v) is 4.52. The summed E-state index contributed by atoms with van der Waals surface area (Å²) in [6.07, 6.45) is 1.67. The largest absolute Gasteiger partial charge is 0.440 e. The van der Waals surface area contributed by atoms with Gasteiger partial charge in [0, 0.05) is 24.5 Å². The standard InChI is InChI=1S/C18H17FN5OS/c1-11-9-12(3-8-16(11)19)15-10-22-18(24-17(15)21-2)23-13-4-6-14(7-5-13)26(20)25/h3-10,20H,1-2H3,(H2,21,22,23,24)/q-1. The minimum Gasteiger partial charge on any atom is -0.440 e. The van der Waals surface area contributed by atoms with Crippen LogP contribution >= 0.6 is 0 Å². The van der Waals surface area contributed by atoms with Gasteiger partial charge in [0.2, 0.25) is 5.95 Å². The summed E-state index contributed by atoms with van der Waals surface area (Å²) >= 11 is 0. The van der Waals surface area contributed by atoms with Crippen LogP contribution in [0.25, 0.3) is 11.1 Å². The Labute approximate surface area is 152 Å². The predicted octanol–water partition coefficient (Wildman–Crippen LogP) is 4.46. The van der Waals surface area contributed by atoms with E-state index in [0.29, 0.717) is 27.9 Å². The number of rotatable bonds is 5. The van der Waals surface area contributed by atoms with Gasteiger partial charge in [0.05, 0.1) is 0 Å². The van der Waals surface area contributed by atoms with Crippen molar-refractivity contribution in [2.45, 2.75) is 11.8 Å². The van der Waals surface area contributed by atoms with E-state index >= 15 is 0 Å². The van der Waals surface area contributed by atoms with Crippen molar-refractivity contribution in [2.24, 2.45) is 0 Å². The lowest BCUT2D eigenvalue weighted by Gasteiger charge is -2.12. The van der Waals surface area contributed by atoms with Crippen molar-refractivity contribution >= 4 is 28.0 Å². The van der Waals surface area contributed by atoms with Crippen LogP contribution in [0.15, 0.2) is 53.6 Å². The van der Waals surface area contributed by atoms with Gasteiger partial charge in [-0.1, -0.05) is 23.1 Å². The number of benzene rings is 2. The Hall–Kier alpha value is -3.00. The van der Waals surface area contributed by atoms with Gasteiger partial charge in [-0.05, 0) is 42.3 Å². The molecule has 2 aromatic carbocycles. The van der Waals surface area contributed by atoms with Gasteiger partial charge >= 0.3 is 0 Å². The quantitative estimate of drug-likeness (QED) is 0.577. The van der Waals surface area contributed by atoms with Crippen LogP contribution in [0.5, 0.6) is 0 Å². The lowest BCUT2D eigenvalue weighted by atomic mass is 10.1. The topological polar surface area (TPSA) is 90.8 Å². The number of nitrogens with one attached hydrogen (secondary N) is 3. The van der Waals surface area contributed by atoms with Crippen molar-refractivity contribution in [3.8, 4) is 11.1 Å². The van der Waals surface area contributed by atoms with E-state index < -0.39 is 10.6 Å². The molecule has 0 fully saturated rings. The summed E-state index contributed by atoms with van der Waals surface area (Å²) in [6, 6.07) is 11.5. The molecule has 3 aromatic rings. The van der Waals surface area contributed by atoms with E-state index in [2.05, 4.69) is 20.6 Å². The Morgan fingerprint density at radius 3 is 2.50 bits per heavy atom.